The molecule has 0 aliphatic carbocycles. The molecule has 0 unspecified atom stereocenters. The molecule has 2 aromatic heterocycles. The number of hydrogen-bond acceptors (Lipinski definition) is 6. The molecule has 0 saturated carbocycles. The van der Waals surface area contributed by atoms with E-state index in [-0.39, 0.29) is 11.5 Å². The van der Waals surface area contributed by atoms with Crippen LogP contribution in [0.3, 0.4) is 0 Å². The Labute approximate surface area is 103 Å². The predicted octanol–water partition coefficient (Wildman–Crippen LogP) is 1.82. The van der Waals surface area contributed by atoms with Gasteiger partial charge in [-0.1, -0.05) is 0 Å². The van der Waals surface area contributed by atoms with E-state index in [0.717, 1.165) is 0 Å². The number of nitrogens with zero attached hydrogens (tertiary/aromatic N) is 2. The minimum absolute atomic E-state index is 0.0581. The predicted molar refractivity (Wildman–Crippen MR) is 65.7 cm³/mol. The highest BCUT2D eigenvalue weighted by Gasteiger charge is 2.00. The summed E-state index contributed by atoms with van der Waals surface area (Å²) in [5.74, 6) is 0.760. The maximum atomic E-state index is 9.25. The van der Waals surface area contributed by atoms with Crippen LogP contribution in [0, 0.1) is 0 Å². The SMILES string of the molecule is Oc1ccoc1/C=N/CC/N=C/c1occc1O. The Balaban J connectivity index is 1.77. The zero-order valence-corrected chi connectivity index (χ0v) is 9.48. The fourth-order valence-electron chi connectivity index (χ4n) is 1.23. The fourth-order valence-corrected chi connectivity index (χ4v) is 1.23. The van der Waals surface area contributed by atoms with Crippen LogP contribution in [0.5, 0.6) is 11.5 Å². The lowest BCUT2D eigenvalue weighted by Gasteiger charge is -1.90. The Morgan fingerprint density at radius 2 is 1.33 bits per heavy atom. The van der Waals surface area contributed by atoms with Crippen molar-refractivity contribution in [2.45, 2.75) is 0 Å². The van der Waals surface area contributed by atoms with Crippen molar-refractivity contribution >= 4 is 12.4 Å². The molecule has 0 fully saturated rings. The summed E-state index contributed by atoms with van der Waals surface area (Å²) < 4.78 is 9.92. The molecule has 94 valence electrons. The molecule has 18 heavy (non-hydrogen) atoms. The van der Waals surface area contributed by atoms with Crippen molar-refractivity contribution in [3.63, 3.8) is 0 Å². The summed E-state index contributed by atoms with van der Waals surface area (Å²) >= 11 is 0. The minimum Gasteiger partial charge on any atom is -0.504 e. The minimum atomic E-state index is 0.0581. The van der Waals surface area contributed by atoms with E-state index in [9.17, 15) is 10.2 Å². The van der Waals surface area contributed by atoms with E-state index in [1.807, 2.05) is 0 Å². The Kier molecular flexibility index (Phi) is 3.80. The Morgan fingerprint density at radius 3 is 1.67 bits per heavy atom. The van der Waals surface area contributed by atoms with Crippen LogP contribution in [0.2, 0.25) is 0 Å². The molecule has 0 atom stereocenters. The molecular formula is C12H12N2O4. The van der Waals surface area contributed by atoms with Crippen LogP contribution in [0.15, 0.2) is 43.5 Å². The second-order valence-electron chi connectivity index (χ2n) is 3.41. The third-order valence-electron chi connectivity index (χ3n) is 2.12. The van der Waals surface area contributed by atoms with Crippen molar-refractivity contribution in [2.24, 2.45) is 9.98 Å². The monoisotopic (exact) mass is 248 g/mol. The zero-order chi connectivity index (χ0) is 12.8. The summed E-state index contributed by atoms with van der Waals surface area (Å²) in [5, 5.41) is 18.5. The Morgan fingerprint density at radius 1 is 0.889 bits per heavy atom. The molecule has 0 amide bonds. The lowest BCUT2D eigenvalue weighted by Crippen LogP contribution is -1.89. The van der Waals surface area contributed by atoms with Crippen LogP contribution in [0.1, 0.15) is 11.5 Å². The fraction of sp³-hybridized carbons (Fsp3) is 0.167. The van der Waals surface area contributed by atoms with E-state index >= 15 is 0 Å². The summed E-state index contributed by atoms with van der Waals surface area (Å²) in [6.07, 6.45) is 5.65. The molecule has 2 aromatic rings. The molecular weight excluding hydrogens is 236 g/mol. The highest BCUT2D eigenvalue weighted by molar-refractivity contribution is 5.80. The molecule has 0 aliphatic rings. The first-order valence-electron chi connectivity index (χ1n) is 5.30. The number of rotatable bonds is 5. The normalized spacial score (nSPS) is 11.8. The van der Waals surface area contributed by atoms with Gasteiger partial charge < -0.3 is 19.0 Å². The number of hydrogen-bond donors (Lipinski definition) is 2. The van der Waals surface area contributed by atoms with E-state index in [4.69, 9.17) is 8.83 Å². The van der Waals surface area contributed by atoms with Gasteiger partial charge in [0.05, 0.1) is 38.0 Å². The third kappa shape index (κ3) is 3.00. The van der Waals surface area contributed by atoms with Gasteiger partial charge in [0, 0.05) is 12.1 Å². The van der Waals surface area contributed by atoms with Crippen LogP contribution in [-0.2, 0) is 0 Å². The van der Waals surface area contributed by atoms with Crippen molar-refractivity contribution < 1.29 is 19.0 Å². The second kappa shape index (κ2) is 5.72. The molecule has 0 saturated heterocycles. The molecule has 2 rings (SSSR count). The largest absolute Gasteiger partial charge is 0.504 e. The zero-order valence-electron chi connectivity index (χ0n) is 9.48. The maximum absolute atomic E-state index is 9.25. The van der Waals surface area contributed by atoms with Crippen molar-refractivity contribution in [2.75, 3.05) is 13.1 Å². The third-order valence-corrected chi connectivity index (χ3v) is 2.12. The average molecular weight is 248 g/mol. The van der Waals surface area contributed by atoms with E-state index in [2.05, 4.69) is 9.98 Å². The van der Waals surface area contributed by atoms with Gasteiger partial charge in [-0.3, -0.25) is 9.98 Å². The average Bonchev–Trinajstić information content (AvgIpc) is 2.94. The highest BCUT2D eigenvalue weighted by atomic mass is 16.4. The van der Waals surface area contributed by atoms with Gasteiger partial charge in [-0.15, -0.1) is 0 Å². The topological polar surface area (TPSA) is 91.5 Å². The Bertz CT molecular complexity index is 504. The summed E-state index contributed by atoms with van der Waals surface area (Å²) in [5.41, 5.74) is 0. The number of aliphatic imine (C=N–C) groups is 2. The molecule has 6 heteroatoms. The summed E-state index contributed by atoms with van der Waals surface area (Å²) in [7, 11) is 0. The molecule has 0 bridgehead atoms. The molecule has 0 spiro atoms. The van der Waals surface area contributed by atoms with Gasteiger partial charge in [0.2, 0.25) is 0 Å². The van der Waals surface area contributed by atoms with Gasteiger partial charge in [0.1, 0.15) is 0 Å². The first kappa shape index (κ1) is 12.0. The van der Waals surface area contributed by atoms with E-state index in [1.165, 1.54) is 37.1 Å². The van der Waals surface area contributed by atoms with Crippen LogP contribution in [0.4, 0.5) is 0 Å². The van der Waals surface area contributed by atoms with Gasteiger partial charge in [0.25, 0.3) is 0 Å². The first-order chi connectivity index (χ1) is 8.77. The van der Waals surface area contributed by atoms with Crippen LogP contribution >= 0.6 is 0 Å². The standard InChI is InChI=1S/C12H12N2O4/c15-9-1-5-17-11(9)7-13-3-4-14-8-12-10(16)2-6-18-12/h1-2,5-8,15-16H,3-4H2/b13-7+,14-8+. The smallest absolute Gasteiger partial charge is 0.185 e. The Hall–Kier alpha value is -2.50. The van der Waals surface area contributed by atoms with Crippen molar-refractivity contribution in [3.8, 4) is 11.5 Å². The van der Waals surface area contributed by atoms with Crippen molar-refractivity contribution in [1.82, 2.24) is 0 Å². The highest BCUT2D eigenvalue weighted by Crippen LogP contribution is 2.15. The molecule has 0 radical (unpaired) electrons. The van der Waals surface area contributed by atoms with Crippen LogP contribution in [-0.4, -0.2) is 35.7 Å². The van der Waals surface area contributed by atoms with E-state index < -0.39 is 0 Å². The van der Waals surface area contributed by atoms with Crippen LogP contribution < -0.4 is 0 Å². The maximum Gasteiger partial charge on any atom is 0.185 e. The lowest BCUT2D eigenvalue weighted by atomic mass is 10.4. The molecule has 2 N–H and O–H groups in total. The van der Waals surface area contributed by atoms with Crippen molar-refractivity contribution in [3.05, 3.63) is 36.2 Å². The molecule has 2 heterocycles. The summed E-state index contributed by atoms with van der Waals surface area (Å²) in [4.78, 5) is 8.06. The van der Waals surface area contributed by atoms with E-state index in [0.29, 0.717) is 24.6 Å². The first-order valence-corrected chi connectivity index (χ1v) is 5.30. The second-order valence-corrected chi connectivity index (χ2v) is 3.41. The lowest BCUT2D eigenvalue weighted by molar-refractivity contribution is 0.455. The molecule has 0 aromatic carbocycles. The van der Waals surface area contributed by atoms with Gasteiger partial charge in [0.15, 0.2) is 23.0 Å². The van der Waals surface area contributed by atoms with Gasteiger partial charge in [-0.05, 0) is 0 Å². The number of aromatic hydroxyl groups is 2. The summed E-state index contributed by atoms with van der Waals surface area (Å²) in [6, 6.07) is 2.89. The number of furan rings is 2. The van der Waals surface area contributed by atoms with Gasteiger partial charge in [-0.25, -0.2) is 0 Å². The summed E-state index contributed by atoms with van der Waals surface area (Å²) in [6.45, 7) is 0.885. The quantitative estimate of drug-likeness (QED) is 0.623. The van der Waals surface area contributed by atoms with Crippen LogP contribution in [0.25, 0.3) is 0 Å². The molecule has 0 aliphatic heterocycles. The van der Waals surface area contributed by atoms with E-state index in [1.54, 1.807) is 0 Å². The van der Waals surface area contributed by atoms with Crippen molar-refractivity contribution in [1.29, 1.82) is 0 Å². The molecule has 6 nitrogen and oxygen atoms in total. The van der Waals surface area contributed by atoms with Gasteiger partial charge in [-0.2, -0.15) is 0 Å². The van der Waals surface area contributed by atoms with Gasteiger partial charge >= 0.3 is 0 Å².